The summed E-state index contributed by atoms with van der Waals surface area (Å²) in [5, 5.41) is 22.2. The molecule has 2 atom stereocenters. The lowest BCUT2D eigenvalue weighted by Crippen LogP contribution is -2.23. The maximum atomic E-state index is 12.8. The van der Waals surface area contributed by atoms with Crippen LogP contribution in [0.5, 0.6) is 0 Å². The minimum Gasteiger partial charge on any atom is -0.503 e. The van der Waals surface area contributed by atoms with Gasteiger partial charge in [-0.2, -0.15) is 13.2 Å². The van der Waals surface area contributed by atoms with E-state index in [9.17, 15) is 18.3 Å². The molecule has 1 unspecified atom stereocenters. The molecular weight excluding hydrogens is 450 g/mol. The van der Waals surface area contributed by atoms with Crippen LogP contribution >= 0.6 is 11.8 Å². The standard InChI is InChI=1S/C22H29BF3N5OS/c1-14(27-23)18(32)19-28-29-20(30(19)2)33-11-3-9-31-10-8-21(13-31)12-17(21)15-4-6-16(7-5-15)22(24,25)26/h4-7,17,27,32H,3,8-13,23H2,1-2H3/b18-14-/t17-,21?/m0/s1. The third-order valence-electron chi connectivity index (χ3n) is 6.92. The monoisotopic (exact) mass is 479 g/mol. The van der Waals surface area contributed by atoms with Crippen molar-refractivity contribution in [2.75, 3.05) is 25.4 Å². The SMILES string of the molecule is BN/C(C)=C(\O)c1nnc(SCCCN2CCC3(C[C@H]3c3ccc(C(F)(F)F)cc3)C2)n1C. The number of hydrogen-bond donors (Lipinski definition) is 2. The number of aromatic nitrogens is 3. The van der Waals surface area contributed by atoms with Crippen molar-refractivity contribution in [3.63, 3.8) is 0 Å². The molecule has 0 bridgehead atoms. The van der Waals surface area contributed by atoms with Gasteiger partial charge in [0.1, 0.15) is 0 Å². The van der Waals surface area contributed by atoms with Gasteiger partial charge in [-0.1, -0.05) is 23.9 Å². The molecule has 33 heavy (non-hydrogen) atoms. The number of alkyl halides is 3. The van der Waals surface area contributed by atoms with Gasteiger partial charge in [0.2, 0.25) is 13.8 Å². The van der Waals surface area contributed by atoms with E-state index in [1.807, 2.05) is 7.05 Å². The van der Waals surface area contributed by atoms with Crippen molar-refractivity contribution in [2.24, 2.45) is 12.5 Å². The molecule has 0 amide bonds. The normalized spacial score (nSPS) is 23.7. The number of hydrogen-bond acceptors (Lipinski definition) is 6. The average molecular weight is 479 g/mol. The lowest BCUT2D eigenvalue weighted by Gasteiger charge is -2.16. The highest BCUT2D eigenvalue weighted by Gasteiger charge is 2.57. The van der Waals surface area contributed by atoms with Gasteiger partial charge in [-0.25, -0.2) is 0 Å². The van der Waals surface area contributed by atoms with Gasteiger partial charge in [0.25, 0.3) is 0 Å². The largest absolute Gasteiger partial charge is 0.503 e. The average Bonchev–Trinajstić information content (AvgIpc) is 3.13. The Morgan fingerprint density at radius 1 is 1.30 bits per heavy atom. The van der Waals surface area contributed by atoms with Crippen molar-refractivity contribution in [2.45, 2.75) is 43.4 Å². The summed E-state index contributed by atoms with van der Waals surface area (Å²) >= 11 is 1.62. The highest BCUT2D eigenvalue weighted by Crippen LogP contribution is 2.64. The molecule has 0 radical (unpaired) electrons. The van der Waals surface area contributed by atoms with E-state index in [1.54, 1.807) is 43.4 Å². The zero-order valence-electron chi connectivity index (χ0n) is 19.1. The quantitative estimate of drug-likeness (QED) is 0.261. The first kappa shape index (κ1) is 24.0. The summed E-state index contributed by atoms with van der Waals surface area (Å²) < 4.78 is 40.2. The summed E-state index contributed by atoms with van der Waals surface area (Å²) in [6.45, 7) is 4.82. The minimum absolute atomic E-state index is 0.0914. The highest BCUT2D eigenvalue weighted by molar-refractivity contribution is 7.99. The van der Waals surface area contributed by atoms with Crippen LogP contribution in [0.1, 0.15) is 49.1 Å². The van der Waals surface area contributed by atoms with Crippen LogP contribution < -0.4 is 5.23 Å². The lowest BCUT2D eigenvalue weighted by atomic mass is 9.97. The Balaban J connectivity index is 1.24. The second-order valence-corrected chi connectivity index (χ2v) is 10.1. The number of benzene rings is 1. The molecule has 2 N–H and O–H groups in total. The van der Waals surface area contributed by atoms with Gasteiger partial charge in [0.15, 0.2) is 10.9 Å². The Morgan fingerprint density at radius 2 is 2.03 bits per heavy atom. The zero-order valence-corrected chi connectivity index (χ0v) is 19.9. The van der Waals surface area contributed by atoms with Gasteiger partial charge in [-0.05, 0) is 68.3 Å². The molecule has 1 aliphatic carbocycles. The number of nitrogens with zero attached hydrogens (tertiary/aromatic N) is 4. The molecule has 1 aromatic carbocycles. The Labute approximate surface area is 197 Å². The van der Waals surface area contributed by atoms with E-state index >= 15 is 0 Å². The van der Waals surface area contributed by atoms with Crippen molar-refractivity contribution >= 4 is 25.5 Å². The first-order valence-electron chi connectivity index (χ1n) is 11.1. The van der Waals surface area contributed by atoms with Crippen molar-refractivity contribution in [1.29, 1.82) is 0 Å². The molecule has 6 nitrogen and oxygen atoms in total. The van der Waals surface area contributed by atoms with E-state index < -0.39 is 11.7 Å². The molecule has 2 heterocycles. The van der Waals surface area contributed by atoms with E-state index in [1.165, 1.54) is 12.1 Å². The number of rotatable bonds is 8. The third-order valence-corrected chi connectivity index (χ3v) is 8.03. The van der Waals surface area contributed by atoms with Crippen LogP contribution in [0.15, 0.2) is 35.1 Å². The topological polar surface area (TPSA) is 66.2 Å². The fourth-order valence-electron chi connectivity index (χ4n) is 4.73. The van der Waals surface area contributed by atoms with Crippen LogP contribution in [0, 0.1) is 5.41 Å². The fourth-order valence-corrected chi connectivity index (χ4v) is 5.57. The molecule has 2 aromatic rings. The molecule has 2 fully saturated rings. The minimum atomic E-state index is -4.28. The van der Waals surface area contributed by atoms with Gasteiger partial charge in [-0.3, -0.25) is 0 Å². The molecule has 178 valence electrons. The van der Waals surface area contributed by atoms with Gasteiger partial charge in [0.05, 0.1) is 5.56 Å². The second-order valence-electron chi connectivity index (χ2n) is 9.06. The predicted octanol–water partition coefficient (Wildman–Crippen LogP) is 3.58. The van der Waals surface area contributed by atoms with Crippen molar-refractivity contribution in [3.05, 3.63) is 46.9 Å². The number of allylic oxidation sites excluding steroid dienone is 1. The maximum Gasteiger partial charge on any atom is 0.416 e. The molecule has 1 saturated carbocycles. The summed E-state index contributed by atoms with van der Waals surface area (Å²) in [6, 6.07) is 5.72. The maximum absolute atomic E-state index is 12.8. The van der Waals surface area contributed by atoms with Crippen LogP contribution in [0.25, 0.3) is 5.76 Å². The Hall–Kier alpha value is -2.14. The van der Waals surface area contributed by atoms with Crippen LogP contribution in [0.2, 0.25) is 0 Å². The molecule has 2 aliphatic rings. The molecule has 1 aromatic heterocycles. The van der Waals surface area contributed by atoms with Crippen LogP contribution in [0.3, 0.4) is 0 Å². The summed E-state index contributed by atoms with van der Waals surface area (Å²) in [5.74, 6) is 1.80. The predicted molar refractivity (Wildman–Crippen MR) is 126 cm³/mol. The molecule has 11 heteroatoms. The van der Waals surface area contributed by atoms with E-state index in [2.05, 4.69) is 20.3 Å². The first-order chi connectivity index (χ1) is 15.6. The van der Waals surface area contributed by atoms with Crippen LogP contribution in [0.4, 0.5) is 13.2 Å². The number of likely N-dealkylation sites (tertiary alicyclic amines) is 1. The summed E-state index contributed by atoms with van der Waals surface area (Å²) in [6.07, 6.45) is -1.11. The van der Waals surface area contributed by atoms with E-state index in [0.717, 1.165) is 55.4 Å². The van der Waals surface area contributed by atoms with Crippen LogP contribution in [-0.2, 0) is 13.2 Å². The lowest BCUT2D eigenvalue weighted by molar-refractivity contribution is -0.137. The second kappa shape index (κ2) is 9.25. The number of aliphatic hydroxyl groups excluding tert-OH is 1. The molecular formula is C22H29BF3N5OS. The number of halogens is 3. The van der Waals surface area contributed by atoms with Gasteiger partial charge in [-0.15, -0.1) is 10.2 Å². The number of nitrogens with one attached hydrogen (secondary N) is 1. The number of thioether (sulfide) groups is 1. The van der Waals surface area contributed by atoms with Gasteiger partial charge < -0.3 is 19.8 Å². The van der Waals surface area contributed by atoms with E-state index in [4.69, 9.17) is 0 Å². The van der Waals surface area contributed by atoms with E-state index in [0.29, 0.717) is 17.4 Å². The zero-order chi connectivity index (χ0) is 23.8. The summed E-state index contributed by atoms with van der Waals surface area (Å²) in [4.78, 5) is 2.47. The summed E-state index contributed by atoms with van der Waals surface area (Å²) in [5.41, 5.74) is 1.33. The van der Waals surface area contributed by atoms with Crippen molar-refractivity contribution in [3.8, 4) is 0 Å². The molecule has 1 spiro atoms. The Bertz CT molecular complexity index is 1030. The fraction of sp³-hybridized carbons (Fsp3) is 0.545. The number of aliphatic hydroxyl groups is 1. The van der Waals surface area contributed by atoms with Gasteiger partial charge >= 0.3 is 6.18 Å². The van der Waals surface area contributed by atoms with Crippen LogP contribution in [-0.4, -0.2) is 58.1 Å². The van der Waals surface area contributed by atoms with Crippen molar-refractivity contribution < 1.29 is 18.3 Å². The highest BCUT2D eigenvalue weighted by atomic mass is 32.2. The molecule has 1 saturated heterocycles. The van der Waals surface area contributed by atoms with Crippen molar-refractivity contribution in [1.82, 2.24) is 24.9 Å². The van der Waals surface area contributed by atoms with Gasteiger partial charge in [0, 0.05) is 25.0 Å². The Morgan fingerprint density at radius 3 is 2.70 bits per heavy atom. The van der Waals surface area contributed by atoms with E-state index in [-0.39, 0.29) is 11.2 Å². The Kier molecular flexibility index (Phi) is 6.73. The molecule has 1 aliphatic heterocycles. The smallest absolute Gasteiger partial charge is 0.416 e. The summed E-state index contributed by atoms with van der Waals surface area (Å²) in [7, 11) is 3.59. The third kappa shape index (κ3) is 5.03. The molecule has 4 rings (SSSR count). The first-order valence-corrected chi connectivity index (χ1v) is 12.1.